The van der Waals surface area contributed by atoms with Crippen molar-refractivity contribution in [3.8, 4) is 0 Å². The van der Waals surface area contributed by atoms with Crippen molar-refractivity contribution in [3.63, 3.8) is 0 Å². The molecule has 0 N–H and O–H groups in total. The van der Waals surface area contributed by atoms with Crippen LogP contribution in [0, 0.1) is 0 Å². The topological polar surface area (TPSA) is 67.2 Å². The highest BCUT2D eigenvalue weighted by molar-refractivity contribution is 6.43. The lowest BCUT2D eigenvalue weighted by molar-refractivity contribution is 0.0747. The Labute approximate surface area is 160 Å². The first-order chi connectivity index (χ1) is 12.6. The van der Waals surface area contributed by atoms with Crippen molar-refractivity contribution in [3.05, 3.63) is 46.3 Å². The van der Waals surface area contributed by atoms with E-state index in [2.05, 4.69) is 20.0 Å². The van der Waals surface area contributed by atoms with Crippen molar-refractivity contribution >= 4 is 46.0 Å². The molecule has 0 aliphatic carbocycles. The maximum absolute atomic E-state index is 12.8. The number of hydrogen-bond acceptors (Lipinski definition) is 5. The highest BCUT2D eigenvalue weighted by Crippen LogP contribution is 2.28. The molecule has 0 atom stereocenters. The van der Waals surface area contributed by atoms with Crippen LogP contribution in [0.15, 0.2) is 30.7 Å². The number of nitrogens with zero attached hydrogens (tertiary/aromatic N) is 6. The first-order valence-electron chi connectivity index (χ1n) is 8.17. The normalized spacial score (nSPS) is 14.9. The summed E-state index contributed by atoms with van der Waals surface area (Å²) in [7, 11) is 1.85. The zero-order valence-electron chi connectivity index (χ0n) is 14.1. The Hall–Kier alpha value is -2.38. The highest BCUT2D eigenvalue weighted by atomic mass is 35.5. The van der Waals surface area contributed by atoms with Crippen LogP contribution in [0.5, 0.6) is 0 Å². The number of aromatic nitrogens is 4. The monoisotopic (exact) mass is 390 g/mol. The van der Waals surface area contributed by atoms with Crippen LogP contribution in [0.2, 0.25) is 10.0 Å². The maximum atomic E-state index is 12.8. The van der Waals surface area contributed by atoms with E-state index in [-0.39, 0.29) is 5.91 Å². The molecular formula is C17H16Cl2N6O. The van der Waals surface area contributed by atoms with Gasteiger partial charge in [-0.3, -0.25) is 9.48 Å². The number of piperazine rings is 1. The van der Waals surface area contributed by atoms with Gasteiger partial charge in [0.15, 0.2) is 5.65 Å². The predicted octanol–water partition coefficient (Wildman–Crippen LogP) is 2.63. The molecule has 26 heavy (non-hydrogen) atoms. The van der Waals surface area contributed by atoms with Crippen LogP contribution in [0.25, 0.3) is 11.0 Å². The van der Waals surface area contributed by atoms with Gasteiger partial charge in [0.05, 0.1) is 27.2 Å². The molecule has 2 aromatic heterocycles. The Balaban J connectivity index is 1.52. The van der Waals surface area contributed by atoms with E-state index in [0.29, 0.717) is 41.8 Å². The lowest BCUT2D eigenvalue weighted by atomic mass is 10.1. The molecule has 1 aliphatic rings. The van der Waals surface area contributed by atoms with E-state index in [9.17, 15) is 4.79 Å². The van der Waals surface area contributed by atoms with Crippen molar-refractivity contribution < 1.29 is 4.79 Å². The second-order valence-electron chi connectivity index (χ2n) is 6.08. The molecule has 3 aromatic rings. The molecule has 1 fully saturated rings. The fraction of sp³-hybridized carbons (Fsp3) is 0.294. The maximum Gasteiger partial charge on any atom is 0.255 e. The zero-order valence-corrected chi connectivity index (χ0v) is 15.6. The van der Waals surface area contributed by atoms with Gasteiger partial charge in [-0.25, -0.2) is 9.97 Å². The third-order valence-electron chi connectivity index (χ3n) is 4.56. The minimum absolute atomic E-state index is 0.105. The van der Waals surface area contributed by atoms with Gasteiger partial charge in [-0.05, 0) is 12.1 Å². The van der Waals surface area contributed by atoms with Gasteiger partial charge in [0.25, 0.3) is 5.91 Å². The lowest BCUT2D eigenvalue weighted by Crippen LogP contribution is -2.49. The summed E-state index contributed by atoms with van der Waals surface area (Å²) in [6, 6.07) is 5.11. The van der Waals surface area contributed by atoms with Crippen LogP contribution < -0.4 is 4.90 Å². The third kappa shape index (κ3) is 2.87. The molecule has 1 saturated heterocycles. The van der Waals surface area contributed by atoms with Gasteiger partial charge in [-0.15, -0.1) is 0 Å². The van der Waals surface area contributed by atoms with Gasteiger partial charge < -0.3 is 9.80 Å². The van der Waals surface area contributed by atoms with E-state index < -0.39 is 0 Å². The van der Waals surface area contributed by atoms with Crippen molar-refractivity contribution in [2.75, 3.05) is 31.1 Å². The second-order valence-corrected chi connectivity index (χ2v) is 6.87. The smallest absolute Gasteiger partial charge is 0.255 e. The number of aryl methyl sites for hydroxylation is 1. The van der Waals surface area contributed by atoms with Crippen molar-refractivity contribution in [1.82, 2.24) is 24.6 Å². The number of rotatable bonds is 2. The van der Waals surface area contributed by atoms with Crippen LogP contribution in [-0.2, 0) is 7.05 Å². The molecule has 0 saturated carbocycles. The summed E-state index contributed by atoms with van der Waals surface area (Å²) in [5, 5.41) is 5.84. The van der Waals surface area contributed by atoms with E-state index in [1.807, 2.05) is 7.05 Å². The van der Waals surface area contributed by atoms with Crippen LogP contribution in [0.1, 0.15) is 10.4 Å². The summed E-state index contributed by atoms with van der Waals surface area (Å²) in [6.45, 7) is 2.50. The largest absolute Gasteiger partial charge is 0.352 e. The fourth-order valence-corrected chi connectivity index (χ4v) is 3.54. The lowest BCUT2D eigenvalue weighted by Gasteiger charge is -2.35. The van der Waals surface area contributed by atoms with Crippen molar-refractivity contribution in [2.24, 2.45) is 7.05 Å². The number of anilines is 1. The van der Waals surface area contributed by atoms with Crippen molar-refractivity contribution in [1.29, 1.82) is 0 Å². The van der Waals surface area contributed by atoms with Crippen LogP contribution in [0.4, 0.5) is 5.82 Å². The zero-order chi connectivity index (χ0) is 18.3. The van der Waals surface area contributed by atoms with E-state index in [4.69, 9.17) is 23.2 Å². The molecule has 3 heterocycles. The Morgan fingerprint density at radius 2 is 1.88 bits per heavy atom. The van der Waals surface area contributed by atoms with Gasteiger partial charge in [-0.1, -0.05) is 29.3 Å². The van der Waals surface area contributed by atoms with Gasteiger partial charge in [0.1, 0.15) is 12.1 Å². The van der Waals surface area contributed by atoms with Gasteiger partial charge in [0, 0.05) is 33.2 Å². The van der Waals surface area contributed by atoms with Crippen LogP contribution in [-0.4, -0.2) is 56.7 Å². The first kappa shape index (κ1) is 17.1. The quantitative estimate of drug-likeness (QED) is 0.672. The minimum Gasteiger partial charge on any atom is -0.352 e. The Bertz CT molecular complexity index is 981. The molecule has 7 nitrogen and oxygen atoms in total. The molecule has 0 radical (unpaired) electrons. The standard InChI is InChI=1S/C17H16Cl2N6O/c1-23-15-12(9-22-23)16(21-10-20-15)24-5-7-25(8-6-24)17(26)11-3-2-4-13(18)14(11)19/h2-4,9-10H,5-8H2,1H3. The number of carbonyl (C=O) groups excluding carboxylic acids is 1. The highest BCUT2D eigenvalue weighted by Gasteiger charge is 2.26. The van der Waals surface area contributed by atoms with E-state index in [1.165, 1.54) is 0 Å². The van der Waals surface area contributed by atoms with Crippen molar-refractivity contribution in [2.45, 2.75) is 0 Å². The van der Waals surface area contributed by atoms with Gasteiger partial charge in [0.2, 0.25) is 0 Å². The van der Waals surface area contributed by atoms with E-state index in [0.717, 1.165) is 16.9 Å². The summed E-state index contributed by atoms with van der Waals surface area (Å²) in [5.41, 5.74) is 1.23. The average molecular weight is 391 g/mol. The molecule has 0 unspecified atom stereocenters. The second kappa shape index (κ2) is 6.74. The molecule has 9 heteroatoms. The number of benzene rings is 1. The number of halogens is 2. The summed E-state index contributed by atoms with van der Waals surface area (Å²) < 4.78 is 1.72. The molecule has 1 aromatic carbocycles. The summed E-state index contributed by atoms with van der Waals surface area (Å²) in [6.07, 6.45) is 3.32. The molecule has 1 amide bonds. The molecule has 0 spiro atoms. The van der Waals surface area contributed by atoms with Crippen LogP contribution in [0.3, 0.4) is 0 Å². The SMILES string of the molecule is Cn1ncc2c(N3CCN(C(=O)c4cccc(Cl)c4Cl)CC3)ncnc21. The Morgan fingerprint density at radius 3 is 2.65 bits per heavy atom. The number of fused-ring (bicyclic) bond motifs is 1. The van der Waals surface area contributed by atoms with E-state index >= 15 is 0 Å². The molecule has 4 rings (SSSR count). The summed E-state index contributed by atoms with van der Waals surface area (Å²) >= 11 is 12.2. The number of amides is 1. The number of hydrogen-bond donors (Lipinski definition) is 0. The summed E-state index contributed by atoms with van der Waals surface area (Å²) in [4.78, 5) is 25.4. The average Bonchev–Trinajstić information content (AvgIpc) is 3.05. The fourth-order valence-electron chi connectivity index (χ4n) is 3.16. The summed E-state index contributed by atoms with van der Waals surface area (Å²) in [5.74, 6) is 0.738. The third-order valence-corrected chi connectivity index (χ3v) is 5.38. The minimum atomic E-state index is -0.105. The molecular weight excluding hydrogens is 375 g/mol. The van der Waals surface area contributed by atoms with Crippen LogP contribution >= 0.6 is 23.2 Å². The molecule has 134 valence electrons. The van der Waals surface area contributed by atoms with E-state index in [1.54, 1.807) is 40.3 Å². The predicted molar refractivity (Wildman–Crippen MR) is 101 cm³/mol. The van der Waals surface area contributed by atoms with Gasteiger partial charge >= 0.3 is 0 Å². The Kier molecular flexibility index (Phi) is 4.42. The first-order valence-corrected chi connectivity index (χ1v) is 8.93. The molecule has 0 bridgehead atoms. The van der Waals surface area contributed by atoms with Gasteiger partial charge in [-0.2, -0.15) is 5.10 Å². The number of carbonyl (C=O) groups is 1. The Morgan fingerprint density at radius 1 is 1.12 bits per heavy atom. The molecule has 1 aliphatic heterocycles.